The number of carbonyl (C=O) groups excluding carboxylic acids is 2. The summed E-state index contributed by atoms with van der Waals surface area (Å²) < 4.78 is 0. The molecular weight excluding hydrogens is 528 g/mol. The Morgan fingerprint density at radius 1 is 0.881 bits per heavy atom. The highest BCUT2D eigenvalue weighted by Gasteiger charge is 2.50. The lowest BCUT2D eigenvalue weighted by atomic mass is 9.95. The van der Waals surface area contributed by atoms with Gasteiger partial charge in [0.25, 0.3) is 5.91 Å². The number of aliphatic carboxylic acids is 1. The predicted molar refractivity (Wildman–Crippen MR) is 161 cm³/mol. The van der Waals surface area contributed by atoms with Gasteiger partial charge in [0, 0.05) is 49.2 Å². The molecule has 8 nitrogen and oxygen atoms in total. The van der Waals surface area contributed by atoms with Gasteiger partial charge in [-0.25, -0.2) is 4.98 Å². The van der Waals surface area contributed by atoms with Gasteiger partial charge in [-0.05, 0) is 25.0 Å². The molecule has 214 valence electrons. The van der Waals surface area contributed by atoms with Crippen LogP contribution < -0.4 is 5.32 Å². The molecule has 1 saturated heterocycles. The topological polar surface area (TPSA) is 103 Å². The average Bonchev–Trinajstić information content (AvgIpc) is 3.83. The standard InChI is InChI=1S/C34H34N4O4/c1-22(23-10-4-2-5-11-23)35-32(39)30-25-14-8-9-15-29(25)36-31(24-12-6-3-7-13-24)28(30)21-37-16-18-38(19-17-37)33(40)26-20-27(26)34(41)42/h2-15,22,26-27H,16-21H2,1H3,(H,35,39)(H,41,42)/t22-,26+,27+/m0/s1. The van der Waals surface area contributed by atoms with Gasteiger partial charge >= 0.3 is 5.97 Å². The van der Waals surface area contributed by atoms with Crippen LogP contribution in [0.25, 0.3) is 22.2 Å². The first-order valence-corrected chi connectivity index (χ1v) is 14.5. The number of amides is 2. The van der Waals surface area contributed by atoms with E-state index in [2.05, 4.69) is 10.2 Å². The third-order valence-electron chi connectivity index (χ3n) is 8.41. The largest absolute Gasteiger partial charge is 0.481 e. The van der Waals surface area contributed by atoms with Crippen LogP contribution in [0.2, 0.25) is 0 Å². The lowest BCUT2D eigenvalue weighted by molar-refractivity contribution is -0.142. The molecule has 2 fully saturated rings. The van der Waals surface area contributed by atoms with E-state index in [0.717, 1.165) is 33.3 Å². The summed E-state index contributed by atoms with van der Waals surface area (Å²) in [5, 5.41) is 13.3. The second-order valence-electron chi connectivity index (χ2n) is 11.2. The molecule has 0 bridgehead atoms. The third-order valence-corrected chi connectivity index (χ3v) is 8.41. The number of benzene rings is 3. The first-order chi connectivity index (χ1) is 20.4. The summed E-state index contributed by atoms with van der Waals surface area (Å²) in [5.74, 6) is -2.05. The molecular formula is C34H34N4O4. The normalized spacial score (nSPS) is 19.3. The summed E-state index contributed by atoms with van der Waals surface area (Å²) in [6.07, 6.45) is 0.428. The zero-order chi connectivity index (χ0) is 29.2. The van der Waals surface area contributed by atoms with Crippen molar-refractivity contribution in [3.05, 3.63) is 102 Å². The van der Waals surface area contributed by atoms with Gasteiger partial charge in [-0.15, -0.1) is 0 Å². The van der Waals surface area contributed by atoms with Crippen LogP contribution in [0.5, 0.6) is 0 Å². The van der Waals surface area contributed by atoms with E-state index in [9.17, 15) is 19.5 Å². The lowest BCUT2D eigenvalue weighted by Gasteiger charge is -2.35. The number of aromatic nitrogens is 1. The van der Waals surface area contributed by atoms with Crippen molar-refractivity contribution in [3.8, 4) is 11.3 Å². The van der Waals surface area contributed by atoms with Crippen molar-refractivity contribution in [2.75, 3.05) is 26.2 Å². The molecule has 1 aliphatic heterocycles. The van der Waals surface area contributed by atoms with E-state index in [0.29, 0.717) is 44.7 Å². The van der Waals surface area contributed by atoms with E-state index in [-0.39, 0.29) is 17.9 Å². The van der Waals surface area contributed by atoms with Crippen molar-refractivity contribution < 1.29 is 19.5 Å². The third kappa shape index (κ3) is 5.63. The second-order valence-corrected chi connectivity index (χ2v) is 11.2. The number of para-hydroxylation sites is 1. The maximum Gasteiger partial charge on any atom is 0.307 e. The smallest absolute Gasteiger partial charge is 0.307 e. The van der Waals surface area contributed by atoms with E-state index >= 15 is 0 Å². The van der Waals surface area contributed by atoms with Gasteiger partial charge in [-0.3, -0.25) is 19.3 Å². The highest BCUT2D eigenvalue weighted by molar-refractivity contribution is 6.09. The van der Waals surface area contributed by atoms with E-state index in [1.165, 1.54) is 0 Å². The second kappa shape index (κ2) is 11.7. The van der Waals surface area contributed by atoms with E-state index in [1.807, 2.05) is 91.9 Å². The quantitative estimate of drug-likeness (QED) is 0.321. The number of rotatable bonds is 8. The summed E-state index contributed by atoms with van der Waals surface area (Å²) in [4.78, 5) is 47.4. The number of carboxylic acids is 1. The molecule has 0 spiro atoms. The first kappa shape index (κ1) is 27.6. The van der Waals surface area contributed by atoms with Crippen LogP contribution in [0.1, 0.15) is 40.9 Å². The Balaban J connectivity index is 1.32. The van der Waals surface area contributed by atoms with E-state index in [4.69, 9.17) is 4.98 Å². The number of fused-ring (bicyclic) bond motifs is 1. The van der Waals surface area contributed by atoms with Crippen LogP contribution >= 0.6 is 0 Å². The van der Waals surface area contributed by atoms with Gasteiger partial charge in [0.1, 0.15) is 0 Å². The summed E-state index contributed by atoms with van der Waals surface area (Å²) >= 11 is 0. The predicted octanol–water partition coefficient (Wildman–Crippen LogP) is 4.76. The van der Waals surface area contributed by atoms with Crippen molar-refractivity contribution in [2.45, 2.75) is 25.9 Å². The summed E-state index contributed by atoms with van der Waals surface area (Å²) in [6, 6.07) is 27.4. The van der Waals surface area contributed by atoms with Gasteiger partial charge in [0.05, 0.1) is 34.7 Å². The highest BCUT2D eigenvalue weighted by atomic mass is 16.4. The Bertz CT molecular complexity index is 1620. The molecule has 2 heterocycles. The fraction of sp³-hybridized carbons (Fsp3) is 0.294. The lowest BCUT2D eigenvalue weighted by Crippen LogP contribution is -2.49. The molecule has 0 unspecified atom stereocenters. The van der Waals surface area contributed by atoms with Gasteiger partial charge < -0.3 is 15.3 Å². The number of pyridine rings is 1. The minimum Gasteiger partial charge on any atom is -0.481 e. The van der Waals surface area contributed by atoms with Gasteiger partial charge in [0.2, 0.25) is 5.91 Å². The monoisotopic (exact) mass is 562 g/mol. The van der Waals surface area contributed by atoms with Crippen LogP contribution in [0.15, 0.2) is 84.9 Å². The van der Waals surface area contributed by atoms with E-state index in [1.54, 1.807) is 4.90 Å². The average molecular weight is 563 g/mol. The van der Waals surface area contributed by atoms with Crippen molar-refractivity contribution in [2.24, 2.45) is 11.8 Å². The Labute approximate surface area is 245 Å². The molecule has 8 heteroatoms. The van der Waals surface area contributed by atoms with E-state index < -0.39 is 17.8 Å². The van der Waals surface area contributed by atoms with Crippen LogP contribution in [-0.2, 0) is 16.1 Å². The SMILES string of the molecule is C[C@H](NC(=O)c1c(CN2CCN(C(=O)[C@@H]3C[C@H]3C(=O)O)CC2)c(-c2ccccc2)nc2ccccc12)c1ccccc1. The van der Waals surface area contributed by atoms with Crippen LogP contribution in [0.4, 0.5) is 0 Å². The molecule has 6 rings (SSSR count). The molecule has 1 saturated carbocycles. The van der Waals surface area contributed by atoms with Crippen molar-refractivity contribution in [1.82, 2.24) is 20.1 Å². The molecule has 2 amide bonds. The molecule has 2 N–H and O–H groups in total. The van der Waals surface area contributed by atoms with Gasteiger partial charge in [-0.2, -0.15) is 0 Å². The molecule has 1 aliphatic carbocycles. The van der Waals surface area contributed by atoms with Gasteiger partial charge in [0.15, 0.2) is 0 Å². The first-order valence-electron chi connectivity index (χ1n) is 14.5. The number of hydrogen-bond donors (Lipinski definition) is 2. The maximum absolute atomic E-state index is 14.1. The number of carboxylic acid groups (broad SMARTS) is 1. The minimum atomic E-state index is -0.892. The summed E-state index contributed by atoms with van der Waals surface area (Å²) in [6.45, 7) is 4.77. The molecule has 3 atom stereocenters. The fourth-order valence-electron chi connectivity index (χ4n) is 5.92. The summed E-state index contributed by atoms with van der Waals surface area (Å²) in [5.41, 5.74) is 4.95. The Hall–Kier alpha value is -4.56. The molecule has 2 aliphatic rings. The van der Waals surface area contributed by atoms with Crippen molar-refractivity contribution in [1.29, 1.82) is 0 Å². The Kier molecular flexibility index (Phi) is 7.71. The maximum atomic E-state index is 14.1. The molecule has 1 aromatic heterocycles. The summed E-state index contributed by atoms with van der Waals surface area (Å²) in [7, 11) is 0. The Morgan fingerprint density at radius 3 is 2.19 bits per heavy atom. The zero-order valence-electron chi connectivity index (χ0n) is 23.6. The minimum absolute atomic E-state index is 0.0608. The molecule has 0 radical (unpaired) electrons. The number of carbonyl (C=O) groups is 3. The molecule has 4 aromatic rings. The number of piperazine rings is 1. The van der Waals surface area contributed by atoms with Gasteiger partial charge in [-0.1, -0.05) is 78.9 Å². The number of nitrogens with one attached hydrogen (secondary N) is 1. The number of hydrogen-bond acceptors (Lipinski definition) is 5. The molecule has 42 heavy (non-hydrogen) atoms. The van der Waals surface area contributed by atoms with Crippen LogP contribution in [0, 0.1) is 11.8 Å². The zero-order valence-corrected chi connectivity index (χ0v) is 23.6. The fourth-order valence-corrected chi connectivity index (χ4v) is 5.92. The number of nitrogens with zero attached hydrogens (tertiary/aromatic N) is 3. The van der Waals surface area contributed by atoms with Crippen molar-refractivity contribution >= 4 is 28.7 Å². The Morgan fingerprint density at radius 2 is 1.52 bits per heavy atom. The molecule has 3 aromatic carbocycles. The van der Waals surface area contributed by atoms with Crippen LogP contribution in [-0.4, -0.2) is 63.9 Å². The van der Waals surface area contributed by atoms with Crippen molar-refractivity contribution in [3.63, 3.8) is 0 Å². The van der Waals surface area contributed by atoms with Crippen LogP contribution in [0.3, 0.4) is 0 Å². The highest BCUT2D eigenvalue weighted by Crippen LogP contribution is 2.40.